The van der Waals surface area contributed by atoms with Crippen LogP contribution in [-0.2, 0) is 22.4 Å². The summed E-state index contributed by atoms with van der Waals surface area (Å²) in [5.41, 5.74) is 4.04. The lowest BCUT2D eigenvalue weighted by atomic mass is 9.93. The molecule has 7 heteroatoms. The Hall–Kier alpha value is -2.67. The minimum atomic E-state index is -0.187. The average molecular weight is 553 g/mol. The number of carbonyl (C=O) groups excluding carboxylic acids is 2. The molecule has 0 bridgehead atoms. The first kappa shape index (κ1) is 28.3. The molecule has 0 spiro atoms. The van der Waals surface area contributed by atoms with Crippen LogP contribution in [0, 0.1) is 0 Å². The van der Waals surface area contributed by atoms with Crippen molar-refractivity contribution in [3.05, 3.63) is 92.1 Å². The molecule has 2 amide bonds. The lowest BCUT2D eigenvalue weighted by Gasteiger charge is -2.37. The quantitative estimate of drug-likeness (QED) is 0.232. The van der Waals surface area contributed by atoms with Gasteiger partial charge in [0.05, 0.1) is 6.04 Å². The first-order chi connectivity index (χ1) is 18.5. The van der Waals surface area contributed by atoms with Gasteiger partial charge in [0, 0.05) is 42.3 Å². The van der Waals surface area contributed by atoms with Crippen LogP contribution in [0.3, 0.4) is 0 Å². The van der Waals surface area contributed by atoms with Gasteiger partial charge in [0.1, 0.15) is 6.54 Å². The van der Waals surface area contributed by atoms with Gasteiger partial charge in [0.2, 0.25) is 5.91 Å². The number of benzene rings is 2. The molecule has 0 radical (unpaired) electrons. The third-order valence-electron chi connectivity index (χ3n) is 7.13. The average Bonchev–Trinajstić information content (AvgIpc) is 3.42. The number of carbonyl (C=O) groups is 2. The molecule has 202 valence electrons. The number of rotatable bonds is 12. The summed E-state index contributed by atoms with van der Waals surface area (Å²) in [6, 6.07) is 17.5. The molecule has 0 fully saturated rings. The molecule has 0 aliphatic carbocycles. The van der Waals surface area contributed by atoms with Crippen molar-refractivity contribution in [2.24, 2.45) is 0 Å². The van der Waals surface area contributed by atoms with Gasteiger partial charge >= 0.3 is 0 Å². The Morgan fingerprint density at radius 2 is 1.82 bits per heavy atom. The Balaban J connectivity index is 1.53. The highest BCUT2D eigenvalue weighted by Gasteiger charge is 2.34. The van der Waals surface area contributed by atoms with E-state index in [2.05, 4.69) is 18.4 Å². The highest BCUT2D eigenvalue weighted by molar-refractivity contribution is 7.10. The van der Waals surface area contributed by atoms with Gasteiger partial charge in [-0.05, 0) is 78.1 Å². The zero-order valence-electron chi connectivity index (χ0n) is 22.3. The van der Waals surface area contributed by atoms with Crippen LogP contribution >= 0.6 is 22.9 Å². The summed E-state index contributed by atoms with van der Waals surface area (Å²) in [7, 11) is 1.65. The number of nitrogens with zero attached hydrogens (tertiary/aromatic N) is 2. The molecule has 1 aliphatic rings. The van der Waals surface area contributed by atoms with Crippen LogP contribution < -0.4 is 0 Å². The molecular formula is C31H37ClN2O3S. The van der Waals surface area contributed by atoms with E-state index in [0.29, 0.717) is 36.7 Å². The Morgan fingerprint density at radius 1 is 1.05 bits per heavy atom. The first-order valence-electron chi connectivity index (χ1n) is 13.5. The van der Waals surface area contributed by atoms with E-state index in [1.807, 2.05) is 53.4 Å². The molecule has 0 saturated heterocycles. The topological polar surface area (TPSA) is 49.9 Å². The fourth-order valence-electron chi connectivity index (χ4n) is 5.07. The van der Waals surface area contributed by atoms with Crippen LogP contribution in [0.4, 0.5) is 0 Å². The number of hydrogen-bond acceptors (Lipinski definition) is 4. The smallest absolute Gasteiger partial charge is 0.254 e. The van der Waals surface area contributed by atoms with E-state index in [4.69, 9.17) is 16.3 Å². The third-order valence-corrected chi connectivity index (χ3v) is 8.38. The van der Waals surface area contributed by atoms with E-state index in [-0.39, 0.29) is 24.4 Å². The molecule has 0 saturated carbocycles. The molecule has 1 aromatic heterocycles. The van der Waals surface area contributed by atoms with Gasteiger partial charge in [-0.3, -0.25) is 9.59 Å². The van der Waals surface area contributed by atoms with E-state index in [0.717, 1.165) is 30.4 Å². The molecule has 38 heavy (non-hydrogen) atoms. The number of amides is 2. The Kier molecular flexibility index (Phi) is 10.4. The molecule has 1 unspecified atom stereocenters. The molecule has 2 heterocycles. The highest BCUT2D eigenvalue weighted by atomic mass is 35.5. The number of unbranched alkanes of at least 4 members (excludes halogenated alkanes) is 2. The fraction of sp³-hybridized carbons (Fsp3) is 0.419. The third kappa shape index (κ3) is 7.04. The predicted octanol–water partition coefficient (Wildman–Crippen LogP) is 6.79. The summed E-state index contributed by atoms with van der Waals surface area (Å²) in [6.07, 6.45) is 6.04. The number of halogens is 1. The van der Waals surface area contributed by atoms with Gasteiger partial charge in [0.25, 0.3) is 5.91 Å². The van der Waals surface area contributed by atoms with E-state index in [1.54, 1.807) is 23.3 Å². The maximum absolute atomic E-state index is 13.8. The molecule has 2 aromatic carbocycles. The van der Waals surface area contributed by atoms with Crippen LogP contribution in [0.1, 0.15) is 70.6 Å². The van der Waals surface area contributed by atoms with Crippen molar-refractivity contribution in [1.29, 1.82) is 0 Å². The van der Waals surface area contributed by atoms with Crippen molar-refractivity contribution in [3.63, 3.8) is 0 Å². The molecular weight excluding hydrogens is 516 g/mol. The molecule has 5 nitrogen and oxygen atoms in total. The minimum Gasteiger partial charge on any atom is -0.385 e. The minimum absolute atomic E-state index is 0.0321. The zero-order valence-corrected chi connectivity index (χ0v) is 23.9. The van der Waals surface area contributed by atoms with E-state index in [1.165, 1.54) is 23.3 Å². The standard InChI is InChI=1S/C31H37ClN2O3S/c1-3-4-5-7-23-8-10-25(11-9-23)31(36)33(18-6-20-37-2)22-29(35)34-19-16-28-27(17-21-38-28)30(34)24-12-14-26(32)15-13-24/h8-15,17,21,30H,3-7,16,18-20,22H2,1-2H3. The van der Waals surface area contributed by atoms with Crippen LogP contribution in [-0.4, -0.2) is 55.0 Å². The monoisotopic (exact) mass is 552 g/mol. The van der Waals surface area contributed by atoms with Gasteiger partial charge in [-0.1, -0.05) is 55.6 Å². The number of aryl methyl sites for hydroxylation is 1. The Labute approximate surface area is 235 Å². The first-order valence-corrected chi connectivity index (χ1v) is 14.8. The molecule has 3 aromatic rings. The van der Waals surface area contributed by atoms with Gasteiger partial charge in [-0.25, -0.2) is 0 Å². The highest BCUT2D eigenvalue weighted by Crippen LogP contribution is 2.38. The molecule has 0 N–H and O–H groups in total. The fourth-order valence-corrected chi connectivity index (χ4v) is 6.10. The van der Waals surface area contributed by atoms with Crippen LogP contribution in [0.2, 0.25) is 5.02 Å². The van der Waals surface area contributed by atoms with Gasteiger partial charge < -0.3 is 14.5 Å². The second kappa shape index (κ2) is 13.9. The van der Waals surface area contributed by atoms with E-state index < -0.39 is 0 Å². The van der Waals surface area contributed by atoms with Gasteiger partial charge in [0.15, 0.2) is 0 Å². The van der Waals surface area contributed by atoms with Gasteiger partial charge in [-0.15, -0.1) is 11.3 Å². The number of thiophene rings is 1. The maximum atomic E-state index is 13.8. The Morgan fingerprint density at radius 3 is 2.53 bits per heavy atom. The summed E-state index contributed by atoms with van der Waals surface area (Å²) in [5.74, 6) is -0.172. The second-order valence-corrected chi connectivity index (χ2v) is 11.3. The lowest BCUT2D eigenvalue weighted by molar-refractivity contribution is -0.134. The molecule has 4 rings (SSSR count). The SMILES string of the molecule is CCCCCc1ccc(C(=O)N(CCCOC)CC(=O)N2CCc3sccc3C2c2ccc(Cl)cc2)cc1. The number of ether oxygens (including phenoxy) is 1. The number of fused-ring (bicyclic) bond motifs is 1. The lowest BCUT2D eigenvalue weighted by Crippen LogP contribution is -2.47. The van der Waals surface area contributed by atoms with E-state index >= 15 is 0 Å². The van der Waals surface area contributed by atoms with Crippen molar-refractivity contribution < 1.29 is 14.3 Å². The summed E-state index contributed by atoms with van der Waals surface area (Å²) in [5, 5.41) is 2.76. The largest absolute Gasteiger partial charge is 0.385 e. The summed E-state index contributed by atoms with van der Waals surface area (Å²) in [4.78, 5) is 32.3. The summed E-state index contributed by atoms with van der Waals surface area (Å²) >= 11 is 7.89. The van der Waals surface area contributed by atoms with Crippen molar-refractivity contribution in [1.82, 2.24) is 9.80 Å². The zero-order chi connectivity index (χ0) is 26.9. The summed E-state index contributed by atoms with van der Waals surface area (Å²) < 4.78 is 5.23. The van der Waals surface area contributed by atoms with Crippen molar-refractivity contribution >= 4 is 34.8 Å². The van der Waals surface area contributed by atoms with Crippen molar-refractivity contribution in [2.45, 2.75) is 51.5 Å². The normalized spacial score (nSPS) is 14.8. The molecule has 1 atom stereocenters. The predicted molar refractivity (Wildman–Crippen MR) is 155 cm³/mol. The van der Waals surface area contributed by atoms with Crippen LogP contribution in [0.5, 0.6) is 0 Å². The Bertz CT molecular complexity index is 1190. The number of methoxy groups -OCH3 is 1. The maximum Gasteiger partial charge on any atom is 0.254 e. The van der Waals surface area contributed by atoms with Crippen molar-refractivity contribution in [2.75, 3.05) is 33.4 Å². The number of hydrogen-bond donors (Lipinski definition) is 0. The molecule has 1 aliphatic heterocycles. The van der Waals surface area contributed by atoms with Crippen LogP contribution in [0.25, 0.3) is 0 Å². The summed E-state index contributed by atoms with van der Waals surface area (Å²) in [6.45, 7) is 3.84. The van der Waals surface area contributed by atoms with Crippen molar-refractivity contribution in [3.8, 4) is 0 Å². The van der Waals surface area contributed by atoms with Gasteiger partial charge in [-0.2, -0.15) is 0 Å². The van der Waals surface area contributed by atoms with E-state index in [9.17, 15) is 9.59 Å². The second-order valence-electron chi connectivity index (χ2n) is 9.82. The van der Waals surface area contributed by atoms with Crippen LogP contribution in [0.15, 0.2) is 60.0 Å².